The van der Waals surface area contributed by atoms with E-state index in [-0.39, 0.29) is 17.4 Å². The maximum atomic E-state index is 13.1. The first-order chi connectivity index (χ1) is 14.6. The normalized spacial score (nSPS) is 14.5. The average Bonchev–Trinajstić information content (AvgIpc) is 2.76. The van der Waals surface area contributed by atoms with E-state index in [9.17, 15) is 4.79 Å². The van der Waals surface area contributed by atoms with Gasteiger partial charge in [0.1, 0.15) is 4.99 Å². The Labute approximate surface area is 191 Å². The molecule has 4 heteroatoms. The molecule has 0 aliphatic rings. The predicted octanol–water partition coefficient (Wildman–Crippen LogP) is 6.39. The number of nitrogens with one attached hydrogen (secondary N) is 1. The molecule has 0 aliphatic heterocycles. The van der Waals surface area contributed by atoms with Crippen molar-refractivity contribution in [3.8, 4) is 0 Å². The Hall–Kier alpha value is -2.72. The van der Waals surface area contributed by atoms with Gasteiger partial charge in [0.2, 0.25) is 0 Å². The lowest BCUT2D eigenvalue weighted by atomic mass is 9.73. The van der Waals surface area contributed by atoms with Crippen molar-refractivity contribution in [1.29, 1.82) is 0 Å². The van der Waals surface area contributed by atoms with E-state index in [1.165, 1.54) is 16.3 Å². The van der Waals surface area contributed by atoms with Gasteiger partial charge in [-0.25, -0.2) is 0 Å². The molecule has 3 rings (SSSR count). The highest BCUT2D eigenvalue weighted by molar-refractivity contribution is 7.80. The van der Waals surface area contributed by atoms with Crippen LogP contribution in [-0.2, 0) is 0 Å². The van der Waals surface area contributed by atoms with Crippen LogP contribution in [0.5, 0.6) is 0 Å². The average molecular weight is 433 g/mol. The molecule has 31 heavy (non-hydrogen) atoms. The number of thiocarbonyl (C=S) groups is 1. The van der Waals surface area contributed by atoms with Crippen molar-refractivity contribution in [3.63, 3.8) is 0 Å². The van der Waals surface area contributed by atoms with Crippen LogP contribution < -0.4 is 5.32 Å². The van der Waals surface area contributed by atoms with E-state index >= 15 is 0 Å². The molecule has 0 heterocycles. The molecule has 2 atom stereocenters. The summed E-state index contributed by atoms with van der Waals surface area (Å²) < 4.78 is 0. The van der Waals surface area contributed by atoms with Crippen molar-refractivity contribution in [2.45, 2.75) is 46.2 Å². The number of benzene rings is 3. The molecule has 3 aromatic carbocycles. The SMILES string of the molecule is C[C@H](c1cccc2ccccc12)N(C)C(=S)[C@@](C)(NC(=O)c1ccccc1)C(C)(C)C. The molecule has 3 aromatic rings. The van der Waals surface area contributed by atoms with Gasteiger partial charge in [0.05, 0.1) is 11.6 Å². The first kappa shape index (κ1) is 23.0. The van der Waals surface area contributed by atoms with Gasteiger partial charge >= 0.3 is 0 Å². The Morgan fingerprint density at radius 2 is 1.48 bits per heavy atom. The molecule has 0 saturated carbocycles. The maximum absolute atomic E-state index is 13.1. The minimum absolute atomic E-state index is 0.0499. The van der Waals surface area contributed by atoms with Gasteiger partial charge in [-0.1, -0.05) is 93.7 Å². The van der Waals surface area contributed by atoms with E-state index in [2.05, 4.69) is 80.4 Å². The second kappa shape index (κ2) is 8.80. The molecular formula is C27H32N2OS. The molecule has 1 amide bonds. The fraction of sp³-hybridized carbons (Fsp3) is 0.333. The Balaban J connectivity index is 1.94. The summed E-state index contributed by atoms with van der Waals surface area (Å²) in [5.41, 5.74) is 0.837. The number of fused-ring (bicyclic) bond motifs is 1. The predicted molar refractivity (Wildman–Crippen MR) is 134 cm³/mol. The summed E-state index contributed by atoms with van der Waals surface area (Å²) >= 11 is 6.04. The van der Waals surface area contributed by atoms with Crippen LogP contribution in [0.2, 0.25) is 0 Å². The third-order valence-electron chi connectivity index (χ3n) is 6.50. The van der Waals surface area contributed by atoms with Gasteiger partial charge in [0.15, 0.2) is 0 Å². The van der Waals surface area contributed by atoms with E-state index in [1.807, 2.05) is 44.3 Å². The van der Waals surface area contributed by atoms with Gasteiger partial charge in [-0.2, -0.15) is 0 Å². The summed E-state index contributed by atoms with van der Waals surface area (Å²) in [5.74, 6) is -0.119. The molecule has 0 spiro atoms. The number of nitrogens with zero attached hydrogens (tertiary/aromatic N) is 1. The zero-order valence-electron chi connectivity index (χ0n) is 19.3. The zero-order chi connectivity index (χ0) is 22.8. The van der Waals surface area contributed by atoms with Crippen molar-refractivity contribution in [2.24, 2.45) is 5.41 Å². The molecule has 3 nitrogen and oxygen atoms in total. The summed E-state index contributed by atoms with van der Waals surface area (Å²) in [6.07, 6.45) is 0. The molecule has 0 aliphatic carbocycles. The highest BCUT2D eigenvalue weighted by Gasteiger charge is 2.45. The van der Waals surface area contributed by atoms with Gasteiger partial charge in [-0.05, 0) is 47.7 Å². The van der Waals surface area contributed by atoms with E-state index in [0.717, 1.165) is 0 Å². The lowest BCUT2D eigenvalue weighted by Crippen LogP contribution is -2.63. The first-order valence-electron chi connectivity index (χ1n) is 10.7. The molecule has 162 valence electrons. The van der Waals surface area contributed by atoms with Crippen LogP contribution in [0.25, 0.3) is 10.8 Å². The van der Waals surface area contributed by atoms with Crippen molar-refractivity contribution < 1.29 is 4.79 Å². The number of carbonyl (C=O) groups is 1. The van der Waals surface area contributed by atoms with Gasteiger partial charge in [0.25, 0.3) is 5.91 Å². The van der Waals surface area contributed by atoms with Crippen molar-refractivity contribution in [3.05, 3.63) is 83.9 Å². The largest absolute Gasteiger partial charge is 0.360 e. The van der Waals surface area contributed by atoms with Gasteiger partial charge in [-0.3, -0.25) is 4.79 Å². The topological polar surface area (TPSA) is 32.3 Å². The Morgan fingerprint density at radius 1 is 0.903 bits per heavy atom. The molecule has 0 aromatic heterocycles. The van der Waals surface area contributed by atoms with E-state index < -0.39 is 5.54 Å². The monoisotopic (exact) mass is 432 g/mol. The highest BCUT2D eigenvalue weighted by Crippen LogP contribution is 2.36. The number of likely N-dealkylation sites (N-methyl/N-ethyl adjacent to an activating group) is 1. The number of hydrogen-bond donors (Lipinski definition) is 1. The van der Waals surface area contributed by atoms with Crippen LogP contribution in [0.4, 0.5) is 0 Å². The van der Waals surface area contributed by atoms with E-state index in [0.29, 0.717) is 10.6 Å². The molecular weight excluding hydrogens is 400 g/mol. The van der Waals surface area contributed by atoms with Crippen LogP contribution in [-0.4, -0.2) is 28.4 Å². The number of rotatable bonds is 5. The standard InChI is InChI=1S/C27H32N2OS/c1-19(22-18-12-16-20-13-10-11-17-23(20)22)29(6)25(31)27(5,26(2,3)4)28-24(30)21-14-8-7-9-15-21/h7-19H,1-6H3,(H,28,30)/t19-,27-/m1/s1. The van der Waals surface area contributed by atoms with E-state index in [4.69, 9.17) is 12.2 Å². The van der Waals surface area contributed by atoms with Gasteiger partial charge in [0, 0.05) is 12.6 Å². The number of carbonyl (C=O) groups excluding carboxylic acids is 1. The van der Waals surface area contributed by atoms with E-state index in [1.54, 1.807) is 0 Å². The fourth-order valence-electron chi connectivity index (χ4n) is 3.80. The molecule has 0 saturated heterocycles. The second-order valence-corrected chi connectivity index (χ2v) is 9.74. The maximum Gasteiger partial charge on any atom is 0.252 e. The lowest BCUT2D eigenvalue weighted by molar-refractivity contribution is 0.0868. The Kier molecular flexibility index (Phi) is 6.51. The van der Waals surface area contributed by atoms with Crippen LogP contribution in [0.3, 0.4) is 0 Å². The number of hydrogen-bond acceptors (Lipinski definition) is 2. The summed E-state index contributed by atoms with van der Waals surface area (Å²) in [5, 5.41) is 5.68. The quantitative estimate of drug-likeness (QED) is 0.474. The van der Waals surface area contributed by atoms with Crippen molar-refractivity contribution >= 4 is 33.9 Å². The second-order valence-electron chi connectivity index (χ2n) is 9.36. The molecule has 0 radical (unpaired) electrons. The molecule has 0 fully saturated rings. The molecule has 0 bridgehead atoms. The molecule has 0 unspecified atom stereocenters. The summed E-state index contributed by atoms with van der Waals surface area (Å²) in [4.78, 5) is 15.9. The third-order valence-corrected chi connectivity index (χ3v) is 7.20. The summed E-state index contributed by atoms with van der Waals surface area (Å²) in [6.45, 7) is 10.5. The minimum Gasteiger partial charge on any atom is -0.360 e. The van der Waals surface area contributed by atoms with Crippen LogP contribution in [0.15, 0.2) is 72.8 Å². The van der Waals surface area contributed by atoms with Crippen LogP contribution >= 0.6 is 12.2 Å². The first-order valence-corrected chi connectivity index (χ1v) is 11.1. The smallest absolute Gasteiger partial charge is 0.252 e. The number of amides is 1. The van der Waals surface area contributed by atoms with Crippen molar-refractivity contribution in [1.82, 2.24) is 10.2 Å². The minimum atomic E-state index is -0.719. The van der Waals surface area contributed by atoms with Crippen LogP contribution in [0, 0.1) is 5.41 Å². The molecule has 1 N–H and O–H groups in total. The summed E-state index contributed by atoms with van der Waals surface area (Å²) in [6, 6.07) is 24.1. The third kappa shape index (κ3) is 4.49. The summed E-state index contributed by atoms with van der Waals surface area (Å²) in [7, 11) is 2.02. The van der Waals surface area contributed by atoms with Crippen LogP contribution in [0.1, 0.15) is 56.6 Å². The van der Waals surface area contributed by atoms with Gasteiger partial charge in [-0.15, -0.1) is 0 Å². The zero-order valence-corrected chi connectivity index (χ0v) is 20.1. The van der Waals surface area contributed by atoms with Crippen molar-refractivity contribution in [2.75, 3.05) is 7.05 Å². The fourth-order valence-corrected chi connectivity index (χ4v) is 4.32. The lowest BCUT2D eigenvalue weighted by Gasteiger charge is -2.47. The van der Waals surface area contributed by atoms with Gasteiger partial charge < -0.3 is 10.2 Å². The Bertz CT molecular complexity index is 1080. The Morgan fingerprint density at radius 3 is 2.13 bits per heavy atom. The highest BCUT2D eigenvalue weighted by atomic mass is 32.1.